The first-order valence-electron chi connectivity index (χ1n) is 6.55. The van der Waals surface area contributed by atoms with Gasteiger partial charge in [0.05, 0.1) is 17.4 Å². The molecule has 0 aromatic heterocycles. The van der Waals surface area contributed by atoms with E-state index in [-0.39, 0.29) is 22.8 Å². The molecule has 0 saturated heterocycles. The molecule has 0 bridgehead atoms. The summed E-state index contributed by atoms with van der Waals surface area (Å²) in [4.78, 5) is 12.2. The Morgan fingerprint density at radius 3 is 2.70 bits per heavy atom. The highest BCUT2D eigenvalue weighted by Gasteiger charge is 2.32. The van der Waals surface area contributed by atoms with Crippen molar-refractivity contribution in [3.05, 3.63) is 23.8 Å². The second-order valence-corrected chi connectivity index (χ2v) is 6.78. The Balaban J connectivity index is 1.95. The predicted molar refractivity (Wildman–Crippen MR) is 71.8 cm³/mol. The largest absolute Gasteiger partial charge is 0.493 e. The number of nitrogens with one attached hydrogen (secondary N) is 1. The summed E-state index contributed by atoms with van der Waals surface area (Å²) in [5, 5.41) is 8.08. The predicted octanol–water partition coefficient (Wildman–Crippen LogP) is 0.479. The minimum Gasteiger partial charge on any atom is -0.493 e. The maximum absolute atomic E-state index is 12.2. The van der Waals surface area contributed by atoms with E-state index in [4.69, 9.17) is 9.88 Å². The Kier molecular flexibility index (Phi) is 3.18. The number of nitrogens with two attached hydrogens (primary N) is 1. The van der Waals surface area contributed by atoms with Gasteiger partial charge in [-0.25, -0.2) is 13.6 Å². The molecule has 1 aliphatic carbocycles. The van der Waals surface area contributed by atoms with E-state index in [1.807, 2.05) is 0 Å². The van der Waals surface area contributed by atoms with Crippen molar-refractivity contribution in [2.75, 3.05) is 6.61 Å². The van der Waals surface area contributed by atoms with Gasteiger partial charge in [-0.3, -0.25) is 4.79 Å². The van der Waals surface area contributed by atoms with E-state index in [1.54, 1.807) is 6.07 Å². The Morgan fingerprint density at radius 2 is 2.05 bits per heavy atom. The van der Waals surface area contributed by atoms with Crippen molar-refractivity contribution in [1.29, 1.82) is 0 Å². The first kappa shape index (κ1) is 13.4. The van der Waals surface area contributed by atoms with Gasteiger partial charge in [-0.05, 0) is 37.5 Å². The number of benzene rings is 1. The van der Waals surface area contributed by atoms with Crippen molar-refractivity contribution in [2.24, 2.45) is 5.14 Å². The van der Waals surface area contributed by atoms with Crippen molar-refractivity contribution < 1.29 is 17.9 Å². The van der Waals surface area contributed by atoms with Gasteiger partial charge in [-0.15, -0.1) is 0 Å². The lowest BCUT2D eigenvalue weighted by Crippen LogP contribution is -2.33. The molecule has 6 nitrogen and oxygen atoms in total. The van der Waals surface area contributed by atoms with Crippen LogP contribution >= 0.6 is 0 Å². The normalized spacial score (nSPS) is 21.8. The van der Waals surface area contributed by atoms with Gasteiger partial charge in [0.15, 0.2) is 0 Å². The highest BCUT2D eigenvalue weighted by molar-refractivity contribution is 7.89. The molecular weight excluding hydrogens is 280 g/mol. The summed E-state index contributed by atoms with van der Waals surface area (Å²) in [6, 6.07) is 4.68. The molecule has 1 aromatic carbocycles. The quantitative estimate of drug-likeness (QED) is 0.847. The summed E-state index contributed by atoms with van der Waals surface area (Å²) in [5.41, 5.74) is 0.598. The number of sulfonamides is 1. The maximum atomic E-state index is 12.2. The van der Waals surface area contributed by atoms with E-state index in [0.717, 1.165) is 12.8 Å². The number of amides is 1. The standard InChI is InChI=1S/C13H16N2O4S/c14-20(17,18)9-3-4-12-11(7-9)10(5-6-19-12)13(16)15-8-1-2-8/h3-4,7-8,10H,1-2,5-6H2,(H,15,16)(H2,14,17,18). The Labute approximate surface area is 117 Å². The van der Waals surface area contributed by atoms with E-state index >= 15 is 0 Å². The van der Waals surface area contributed by atoms with Gasteiger partial charge in [-0.2, -0.15) is 0 Å². The van der Waals surface area contributed by atoms with E-state index < -0.39 is 10.0 Å². The molecule has 0 spiro atoms. The summed E-state index contributed by atoms with van der Waals surface area (Å²) < 4.78 is 28.3. The van der Waals surface area contributed by atoms with Crippen LogP contribution in [0.1, 0.15) is 30.7 Å². The molecule has 20 heavy (non-hydrogen) atoms. The topological polar surface area (TPSA) is 98.5 Å². The van der Waals surface area contributed by atoms with Gasteiger partial charge in [-0.1, -0.05) is 0 Å². The molecule has 108 valence electrons. The van der Waals surface area contributed by atoms with Crippen LogP contribution in [0.25, 0.3) is 0 Å². The summed E-state index contributed by atoms with van der Waals surface area (Å²) in [6.07, 6.45) is 2.57. The van der Waals surface area contributed by atoms with Gasteiger partial charge in [0.1, 0.15) is 5.75 Å². The van der Waals surface area contributed by atoms with Crippen LogP contribution in [-0.4, -0.2) is 27.0 Å². The minimum atomic E-state index is -3.78. The maximum Gasteiger partial charge on any atom is 0.238 e. The first-order valence-corrected chi connectivity index (χ1v) is 8.10. The van der Waals surface area contributed by atoms with E-state index in [1.165, 1.54) is 12.1 Å². The Morgan fingerprint density at radius 1 is 1.30 bits per heavy atom. The highest BCUT2D eigenvalue weighted by atomic mass is 32.2. The summed E-state index contributed by atoms with van der Waals surface area (Å²) in [7, 11) is -3.78. The third-order valence-electron chi connectivity index (χ3n) is 3.59. The number of hydrogen-bond donors (Lipinski definition) is 2. The molecule has 7 heteroatoms. The van der Waals surface area contributed by atoms with Gasteiger partial charge < -0.3 is 10.1 Å². The fraction of sp³-hybridized carbons (Fsp3) is 0.462. The molecule has 1 heterocycles. The zero-order valence-corrected chi connectivity index (χ0v) is 11.7. The van der Waals surface area contributed by atoms with Crippen LogP contribution in [0.4, 0.5) is 0 Å². The molecule has 3 rings (SSSR count). The van der Waals surface area contributed by atoms with Crippen LogP contribution in [0.3, 0.4) is 0 Å². The molecular formula is C13H16N2O4S. The van der Waals surface area contributed by atoms with Crippen LogP contribution in [0.5, 0.6) is 5.75 Å². The number of carbonyl (C=O) groups excluding carboxylic acids is 1. The summed E-state index contributed by atoms with van der Waals surface area (Å²) in [5.74, 6) is 0.115. The van der Waals surface area contributed by atoms with Gasteiger partial charge in [0.2, 0.25) is 15.9 Å². The second kappa shape index (κ2) is 4.75. The van der Waals surface area contributed by atoms with Crippen molar-refractivity contribution >= 4 is 15.9 Å². The molecule has 1 fully saturated rings. The molecule has 0 radical (unpaired) electrons. The zero-order valence-electron chi connectivity index (χ0n) is 10.8. The van der Waals surface area contributed by atoms with Crippen LogP contribution < -0.4 is 15.2 Å². The Hall–Kier alpha value is -1.60. The van der Waals surface area contributed by atoms with Crippen LogP contribution in [0.2, 0.25) is 0 Å². The van der Waals surface area contributed by atoms with Crippen LogP contribution in [0, 0.1) is 0 Å². The van der Waals surface area contributed by atoms with Crippen molar-refractivity contribution in [3.63, 3.8) is 0 Å². The lowest BCUT2D eigenvalue weighted by molar-refractivity contribution is -0.123. The smallest absolute Gasteiger partial charge is 0.238 e. The second-order valence-electron chi connectivity index (χ2n) is 5.22. The van der Waals surface area contributed by atoms with Crippen molar-refractivity contribution in [2.45, 2.75) is 36.1 Å². The fourth-order valence-electron chi connectivity index (χ4n) is 2.35. The number of ether oxygens (including phenoxy) is 1. The lowest BCUT2D eigenvalue weighted by Gasteiger charge is -2.25. The van der Waals surface area contributed by atoms with Gasteiger partial charge in [0, 0.05) is 11.6 Å². The highest BCUT2D eigenvalue weighted by Crippen LogP contribution is 2.36. The molecule has 1 amide bonds. The Bertz CT molecular complexity index is 652. The lowest BCUT2D eigenvalue weighted by atomic mass is 9.92. The molecule has 1 atom stereocenters. The average molecular weight is 296 g/mol. The molecule has 1 unspecified atom stereocenters. The number of rotatable bonds is 3. The number of hydrogen-bond acceptors (Lipinski definition) is 4. The third-order valence-corrected chi connectivity index (χ3v) is 4.50. The van der Waals surface area contributed by atoms with E-state index in [2.05, 4.69) is 5.32 Å². The van der Waals surface area contributed by atoms with Crippen LogP contribution in [-0.2, 0) is 14.8 Å². The number of fused-ring (bicyclic) bond motifs is 1. The zero-order chi connectivity index (χ0) is 14.3. The SMILES string of the molecule is NS(=O)(=O)c1ccc2c(c1)C(C(=O)NC1CC1)CCO2. The monoisotopic (exact) mass is 296 g/mol. The van der Waals surface area contributed by atoms with Crippen LogP contribution in [0.15, 0.2) is 23.1 Å². The average Bonchev–Trinajstić information content (AvgIpc) is 3.20. The van der Waals surface area contributed by atoms with Gasteiger partial charge >= 0.3 is 0 Å². The van der Waals surface area contributed by atoms with Crippen molar-refractivity contribution in [1.82, 2.24) is 5.32 Å². The number of primary sulfonamides is 1. The number of carbonyl (C=O) groups is 1. The molecule has 1 aliphatic heterocycles. The summed E-state index contributed by atoms with van der Waals surface area (Å²) in [6.45, 7) is 0.449. The third kappa shape index (κ3) is 2.64. The van der Waals surface area contributed by atoms with Gasteiger partial charge in [0.25, 0.3) is 0 Å². The molecule has 2 aliphatic rings. The molecule has 1 aromatic rings. The fourth-order valence-corrected chi connectivity index (χ4v) is 2.90. The first-order chi connectivity index (χ1) is 9.45. The summed E-state index contributed by atoms with van der Waals surface area (Å²) >= 11 is 0. The molecule has 3 N–H and O–H groups in total. The van der Waals surface area contributed by atoms with E-state index in [9.17, 15) is 13.2 Å². The van der Waals surface area contributed by atoms with E-state index in [0.29, 0.717) is 24.3 Å². The minimum absolute atomic E-state index is 0.00553. The van der Waals surface area contributed by atoms with Crippen molar-refractivity contribution in [3.8, 4) is 5.75 Å². The molecule has 1 saturated carbocycles.